The van der Waals surface area contributed by atoms with Crippen LogP contribution in [-0.4, -0.2) is 24.0 Å². The molecule has 0 aromatic rings. The van der Waals surface area contributed by atoms with E-state index < -0.39 is 0 Å². The summed E-state index contributed by atoms with van der Waals surface area (Å²) in [6.45, 7) is 8.21. The van der Waals surface area contributed by atoms with Crippen LogP contribution in [-0.2, 0) is 4.79 Å². The van der Waals surface area contributed by atoms with Crippen LogP contribution >= 0.6 is 0 Å². The lowest BCUT2D eigenvalue weighted by atomic mass is 9.92. The summed E-state index contributed by atoms with van der Waals surface area (Å²) in [6, 6.07) is 0. The van der Waals surface area contributed by atoms with E-state index in [0.717, 1.165) is 19.5 Å². The zero-order chi connectivity index (χ0) is 9.19. The molecule has 70 valence electrons. The number of rotatable bonds is 2. The van der Waals surface area contributed by atoms with Crippen LogP contribution < -0.4 is 5.43 Å². The van der Waals surface area contributed by atoms with Gasteiger partial charge in [0.2, 0.25) is 5.91 Å². The predicted octanol–water partition coefficient (Wildman–Crippen LogP) is 1.16. The summed E-state index contributed by atoms with van der Waals surface area (Å²) in [6.07, 6.45) is 1.70. The van der Waals surface area contributed by atoms with E-state index in [4.69, 9.17) is 0 Å². The number of carbonyl (C=O) groups is 1. The van der Waals surface area contributed by atoms with Crippen molar-refractivity contribution in [3.63, 3.8) is 0 Å². The van der Waals surface area contributed by atoms with Gasteiger partial charge < -0.3 is 0 Å². The lowest BCUT2D eigenvalue weighted by Crippen LogP contribution is -2.36. The molecule has 0 aliphatic carbocycles. The number of nitrogens with zero attached hydrogens (tertiary/aromatic N) is 1. The van der Waals surface area contributed by atoms with E-state index in [1.807, 2.05) is 0 Å². The first-order chi connectivity index (χ1) is 5.49. The summed E-state index contributed by atoms with van der Waals surface area (Å²) in [5.41, 5.74) is 3.37. The molecule has 1 fully saturated rings. The molecule has 0 aromatic heterocycles. The third-order valence-electron chi connectivity index (χ3n) is 2.03. The van der Waals surface area contributed by atoms with E-state index in [2.05, 4.69) is 26.2 Å². The van der Waals surface area contributed by atoms with Crippen molar-refractivity contribution in [1.29, 1.82) is 0 Å². The highest BCUT2D eigenvalue weighted by molar-refractivity contribution is 5.77. The van der Waals surface area contributed by atoms with E-state index in [1.54, 1.807) is 5.01 Å². The monoisotopic (exact) mass is 170 g/mol. The van der Waals surface area contributed by atoms with Crippen molar-refractivity contribution in [1.82, 2.24) is 10.4 Å². The molecule has 0 bridgehead atoms. The topological polar surface area (TPSA) is 32.3 Å². The minimum atomic E-state index is 0.235. The average Bonchev–Trinajstić information content (AvgIpc) is 2.29. The highest BCUT2D eigenvalue weighted by atomic mass is 16.2. The standard InChI is InChI=1S/C9H18N2O/c1-9(2,3)5-7-11-8(12)4-6-10-11/h10H,4-7H2,1-3H3. The minimum Gasteiger partial charge on any atom is -0.278 e. The average molecular weight is 170 g/mol. The van der Waals surface area contributed by atoms with Crippen LogP contribution in [0.1, 0.15) is 33.6 Å². The molecular formula is C9H18N2O. The van der Waals surface area contributed by atoms with Gasteiger partial charge in [-0.1, -0.05) is 20.8 Å². The molecule has 0 saturated carbocycles. The van der Waals surface area contributed by atoms with Gasteiger partial charge >= 0.3 is 0 Å². The van der Waals surface area contributed by atoms with Crippen molar-refractivity contribution in [2.24, 2.45) is 5.41 Å². The van der Waals surface area contributed by atoms with Crippen molar-refractivity contribution >= 4 is 5.91 Å². The zero-order valence-corrected chi connectivity index (χ0v) is 8.18. The van der Waals surface area contributed by atoms with Crippen molar-refractivity contribution in [2.75, 3.05) is 13.1 Å². The molecule has 1 aliphatic heterocycles. The van der Waals surface area contributed by atoms with Crippen LogP contribution in [0.25, 0.3) is 0 Å². The van der Waals surface area contributed by atoms with Gasteiger partial charge in [0, 0.05) is 19.5 Å². The molecule has 1 heterocycles. The zero-order valence-electron chi connectivity index (χ0n) is 8.18. The Hall–Kier alpha value is -0.570. The normalized spacial score (nSPS) is 18.9. The second kappa shape index (κ2) is 3.44. The Morgan fingerprint density at radius 1 is 1.50 bits per heavy atom. The van der Waals surface area contributed by atoms with Gasteiger partial charge in [0.1, 0.15) is 0 Å². The maximum Gasteiger partial charge on any atom is 0.238 e. The summed E-state index contributed by atoms with van der Waals surface area (Å²) in [7, 11) is 0. The Morgan fingerprint density at radius 2 is 2.17 bits per heavy atom. The Balaban J connectivity index is 2.27. The van der Waals surface area contributed by atoms with Crippen LogP contribution in [0.5, 0.6) is 0 Å². The first kappa shape index (κ1) is 9.52. The summed E-state index contributed by atoms with van der Waals surface area (Å²) in [5.74, 6) is 0.235. The van der Waals surface area contributed by atoms with Gasteiger partial charge in [-0.2, -0.15) is 0 Å². The van der Waals surface area contributed by atoms with E-state index >= 15 is 0 Å². The molecule has 0 spiro atoms. The number of nitrogens with one attached hydrogen (secondary N) is 1. The summed E-state index contributed by atoms with van der Waals surface area (Å²) in [4.78, 5) is 11.2. The third-order valence-corrected chi connectivity index (χ3v) is 2.03. The fourth-order valence-electron chi connectivity index (χ4n) is 1.17. The van der Waals surface area contributed by atoms with Crippen molar-refractivity contribution in [2.45, 2.75) is 33.6 Å². The van der Waals surface area contributed by atoms with Gasteiger partial charge in [0.25, 0.3) is 0 Å². The number of carbonyl (C=O) groups excluding carboxylic acids is 1. The number of hydrazine groups is 1. The Kier molecular flexibility index (Phi) is 2.73. The molecule has 0 radical (unpaired) electrons. The van der Waals surface area contributed by atoms with Crippen LogP contribution in [0.2, 0.25) is 0 Å². The molecule has 1 N–H and O–H groups in total. The minimum absolute atomic E-state index is 0.235. The van der Waals surface area contributed by atoms with E-state index in [1.165, 1.54) is 0 Å². The summed E-state index contributed by atoms with van der Waals surface area (Å²) >= 11 is 0. The maximum absolute atomic E-state index is 11.2. The second-order valence-corrected chi connectivity index (χ2v) is 4.51. The largest absolute Gasteiger partial charge is 0.278 e. The molecule has 1 amide bonds. The lowest BCUT2D eigenvalue weighted by molar-refractivity contribution is -0.129. The molecular weight excluding hydrogens is 152 g/mol. The SMILES string of the molecule is CC(C)(C)CCN1NCCC1=O. The quantitative estimate of drug-likeness (QED) is 0.674. The van der Waals surface area contributed by atoms with E-state index in [9.17, 15) is 4.79 Å². The lowest BCUT2D eigenvalue weighted by Gasteiger charge is -2.22. The smallest absolute Gasteiger partial charge is 0.238 e. The fourth-order valence-corrected chi connectivity index (χ4v) is 1.17. The van der Waals surface area contributed by atoms with E-state index in [-0.39, 0.29) is 5.91 Å². The highest BCUT2D eigenvalue weighted by Gasteiger charge is 2.21. The fraction of sp³-hybridized carbons (Fsp3) is 0.889. The molecule has 0 unspecified atom stereocenters. The van der Waals surface area contributed by atoms with Crippen molar-refractivity contribution < 1.29 is 4.79 Å². The molecule has 3 heteroatoms. The van der Waals surface area contributed by atoms with Crippen LogP contribution in [0.15, 0.2) is 0 Å². The first-order valence-electron chi connectivity index (χ1n) is 4.53. The molecule has 1 aliphatic rings. The number of amides is 1. The van der Waals surface area contributed by atoms with Gasteiger partial charge in [-0.25, -0.2) is 5.43 Å². The molecule has 12 heavy (non-hydrogen) atoms. The Bertz CT molecular complexity index is 172. The molecule has 3 nitrogen and oxygen atoms in total. The maximum atomic E-state index is 11.2. The van der Waals surface area contributed by atoms with Crippen molar-refractivity contribution in [3.05, 3.63) is 0 Å². The first-order valence-corrected chi connectivity index (χ1v) is 4.53. The van der Waals surface area contributed by atoms with Gasteiger partial charge in [-0.15, -0.1) is 0 Å². The molecule has 1 saturated heterocycles. The highest BCUT2D eigenvalue weighted by Crippen LogP contribution is 2.19. The predicted molar refractivity (Wildman–Crippen MR) is 48.4 cm³/mol. The summed E-state index contributed by atoms with van der Waals surface area (Å²) in [5, 5.41) is 1.74. The Morgan fingerprint density at radius 3 is 2.58 bits per heavy atom. The molecule has 0 atom stereocenters. The summed E-state index contributed by atoms with van der Waals surface area (Å²) < 4.78 is 0. The van der Waals surface area contributed by atoms with Crippen molar-refractivity contribution in [3.8, 4) is 0 Å². The molecule has 1 rings (SSSR count). The Labute approximate surface area is 74.1 Å². The number of hydrogen-bond acceptors (Lipinski definition) is 2. The van der Waals surface area contributed by atoms with Gasteiger partial charge in [-0.05, 0) is 11.8 Å². The third kappa shape index (κ3) is 2.81. The van der Waals surface area contributed by atoms with Crippen LogP contribution in [0.3, 0.4) is 0 Å². The van der Waals surface area contributed by atoms with E-state index in [0.29, 0.717) is 11.8 Å². The van der Waals surface area contributed by atoms with Crippen LogP contribution in [0.4, 0.5) is 0 Å². The molecule has 0 aromatic carbocycles. The van der Waals surface area contributed by atoms with Gasteiger partial charge in [0.05, 0.1) is 0 Å². The van der Waals surface area contributed by atoms with Gasteiger partial charge in [0.15, 0.2) is 0 Å². The van der Waals surface area contributed by atoms with Gasteiger partial charge in [-0.3, -0.25) is 9.80 Å². The van der Waals surface area contributed by atoms with Crippen LogP contribution in [0, 0.1) is 5.41 Å². The second-order valence-electron chi connectivity index (χ2n) is 4.51. The number of hydrogen-bond donors (Lipinski definition) is 1.